The van der Waals surface area contributed by atoms with Gasteiger partial charge in [0.05, 0.1) is 101 Å². The van der Waals surface area contributed by atoms with Crippen molar-refractivity contribution in [3.63, 3.8) is 0 Å². The van der Waals surface area contributed by atoms with E-state index < -0.39 is 0 Å². The molecule has 0 N–H and O–H groups in total. The minimum absolute atomic E-state index is 0.425. The maximum atomic E-state index is 5.95. The van der Waals surface area contributed by atoms with Crippen LogP contribution in [-0.2, 0) is 32.0 Å². The Morgan fingerprint density at radius 1 is 0.383 bits per heavy atom. The molecule has 0 saturated heterocycles. The van der Waals surface area contributed by atoms with E-state index in [1.807, 2.05) is 97.3 Å². The molecule has 3 aliphatic rings. The van der Waals surface area contributed by atoms with Gasteiger partial charge in [-0.1, -0.05) is 52.9 Å². The molecule has 0 fully saturated rings. The molecule has 0 aliphatic carbocycles. The highest BCUT2D eigenvalue weighted by Crippen LogP contribution is 2.30. The Kier molecular flexibility index (Phi) is 12.3. The lowest BCUT2D eigenvalue weighted by molar-refractivity contribution is 0.0333. The van der Waals surface area contributed by atoms with Crippen LogP contribution in [0.1, 0.15) is 0 Å². The number of hydrogen-bond acceptors (Lipinski definition) is 12. The summed E-state index contributed by atoms with van der Waals surface area (Å²) in [6, 6.07) is 36.4. The molecule has 304 valence electrons. The van der Waals surface area contributed by atoms with Gasteiger partial charge in [-0.05, 0) is 66.7 Å². The third kappa shape index (κ3) is 9.64. The first-order chi connectivity index (χ1) is 29.7. The zero-order chi connectivity index (χ0) is 40.4. The molecular formula is C46H44N8O6. The van der Waals surface area contributed by atoms with Crippen LogP contribution < -0.4 is 9.47 Å². The van der Waals surface area contributed by atoms with Crippen molar-refractivity contribution < 1.29 is 28.4 Å². The number of hydrogen-bond donors (Lipinski definition) is 0. The van der Waals surface area contributed by atoms with Gasteiger partial charge in [0.1, 0.15) is 36.1 Å². The van der Waals surface area contributed by atoms with Crippen LogP contribution >= 0.6 is 0 Å². The lowest BCUT2D eigenvalue weighted by Crippen LogP contribution is -2.13. The average Bonchev–Trinajstić information content (AvgIpc) is 3.98. The van der Waals surface area contributed by atoms with E-state index in [4.69, 9.17) is 38.4 Å². The van der Waals surface area contributed by atoms with Crippen LogP contribution in [0.4, 0.5) is 0 Å². The molecule has 0 unspecified atom stereocenters. The summed E-state index contributed by atoms with van der Waals surface area (Å²) in [5.41, 5.74) is 8.81. The van der Waals surface area contributed by atoms with E-state index in [2.05, 4.69) is 44.9 Å². The van der Waals surface area contributed by atoms with E-state index in [0.29, 0.717) is 79.2 Å². The highest BCUT2D eigenvalue weighted by atomic mass is 16.5. The van der Waals surface area contributed by atoms with Gasteiger partial charge in [-0.15, -0.1) is 10.2 Å². The molecule has 0 spiro atoms. The minimum Gasteiger partial charge on any atom is -0.491 e. The molecule has 8 aromatic rings. The van der Waals surface area contributed by atoms with E-state index >= 15 is 0 Å². The van der Waals surface area contributed by atoms with Crippen molar-refractivity contribution in [1.29, 1.82) is 0 Å². The summed E-state index contributed by atoms with van der Waals surface area (Å²) in [6.07, 6.45) is 3.83. The molecule has 0 amide bonds. The third-order valence-electron chi connectivity index (χ3n) is 10.0. The average molecular weight is 805 g/mol. The summed E-state index contributed by atoms with van der Waals surface area (Å²) >= 11 is 0. The molecule has 0 atom stereocenters. The zero-order valence-corrected chi connectivity index (χ0v) is 33.1. The molecule has 0 saturated carbocycles. The van der Waals surface area contributed by atoms with Crippen molar-refractivity contribution in [1.82, 2.24) is 40.0 Å². The van der Waals surface area contributed by atoms with Gasteiger partial charge in [-0.2, -0.15) is 0 Å². The Hall–Kier alpha value is -6.58. The predicted molar refractivity (Wildman–Crippen MR) is 227 cm³/mol. The van der Waals surface area contributed by atoms with Crippen molar-refractivity contribution in [3.8, 4) is 56.5 Å². The molecule has 7 heterocycles. The summed E-state index contributed by atoms with van der Waals surface area (Å²) in [7, 11) is 0. The van der Waals surface area contributed by atoms with Gasteiger partial charge in [0.25, 0.3) is 0 Å². The molecule has 14 heteroatoms. The van der Waals surface area contributed by atoms with Crippen molar-refractivity contribution in [2.75, 3.05) is 66.1 Å². The predicted octanol–water partition coefficient (Wildman–Crippen LogP) is 7.17. The van der Waals surface area contributed by atoms with Gasteiger partial charge in [-0.25, -0.2) is 19.3 Å². The number of pyridine rings is 2. The second-order valence-corrected chi connectivity index (χ2v) is 14.1. The first-order valence-electron chi connectivity index (χ1n) is 20.1. The third-order valence-corrected chi connectivity index (χ3v) is 10.0. The molecule has 4 aromatic carbocycles. The molecule has 0 radical (unpaired) electrons. The number of fused-ring (bicyclic) bond motifs is 2. The topological polar surface area (TPSA) is 143 Å². The Morgan fingerprint density at radius 3 is 1.27 bits per heavy atom. The smallest absolute Gasteiger partial charge is 0.119 e. The van der Waals surface area contributed by atoms with Gasteiger partial charge in [-0.3, -0.25) is 0 Å². The molecule has 14 nitrogen and oxygen atoms in total. The SMILES string of the molecule is c1cc2cc(c1)-c1cn(nn1)CCOCCOCCOc1ccc(cc1)-c1ccc3ccc4ccc(nc4c3n1)-c1ccc(cc1)OCCOCCOCCn1cc-2nn1. The van der Waals surface area contributed by atoms with Crippen molar-refractivity contribution in [2.24, 2.45) is 0 Å². The lowest BCUT2D eigenvalue weighted by Gasteiger charge is -2.10. The largest absolute Gasteiger partial charge is 0.491 e. The fraction of sp³-hybridized carbons (Fsp3) is 0.261. The second-order valence-electron chi connectivity index (χ2n) is 14.1. The molecule has 4 aromatic heterocycles. The van der Waals surface area contributed by atoms with Crippen LogP contribution in [0.2, 0.25) is 0 Å². The van der Waals surface area contributed by atoms with Crippen LogP contribution in [0.15, 0.2) is 122 Å². The maximum absolute atomic E-state index is 5.95. The summed E-state index contributed by atoms with van der Waals surface area (Å²) < 4.78 is 38.5. The summed E-state index contributed by atoms with van der Waals surface area (Å²) in [4.78, 5) is 10.2. The number of aromatic nitrogens is 8. The zero-order valence-electron chi connectivity index (χ0n) is 33.1. The monoisotopic (exact) mass is 804 g/mol. The van der Waals surface area contributed by atoms with Crippen molar-refractivity contribution >= 4 is 21.8 Å². The van der Waals surface area contributed by atoms with E-state index in [1.165, 1.54) is 0 Å². The van der Waals surface area contributed by atoms with Gasteiger partial charge >= 0.3 is 0 Å². The Labute approximate surface area is 346 Å². The van der Waals surface area contributed by atoms with Crippen molar-refractivity contribution in [3.05, 3.63) is 122 Å². The van der Waals surface area contributed by atoms with Gasteiger partial charge in [0, 0.05) is 33.0 Å². The fourth-order valence-electron chi connectivity index (χ4n) is 6.85. The summed E-state index contributed by atoms with van der Waals surface area (Å²) in [5.74, 6) is 1.52. The Morgan fingerprint density at radius 2 is 0.800 bits per heavy atom. The Bertz CT molecular complexity index is 2470. The summed E-state index contributed by atoms with van der Waals surface area (Å²) in [5, 5.41) is 19.4. The van der Waals surface area contributed by atoms with Gasteiger partial charge in [0.2, 0.25) is 0 Å². The van der Waals surface area contributed by atoms with Crippen LogP contribution in [0.3, 0.4) is 0 Å². The summed E-state index contributed by atoms with van der Waals surface area (Å²) in [6.45, 7) is 5.71. The van der Waals surface area contributed by atoms with Crippen molar-refractivity contribution in [2.45, 2.75) is 13.1 Å². The van der Waals surface area contributed by atoms with Crippen LogP contribution in [0.5, 0.6) is 11.5 Å². The molecule has 14 bridgehead atoms. The number of rotatable bonds is 0. The lowest BCUT2D eigenvalue weighted by atomic mass is 10.1. The first-order valence-corrected chi connectivity index (χ1v) is 20.1. The van der Waals surface area contributed by atoms with E-state index in [0.717, 1.165) is 78.3 Å². The number of ether oxygens (including phenoxy) is 6. The molecule has 60 heavy (non-hydrogen) atoms. The van der Waals surface area contributed by atoms with E-state index in [-0.39, 0.29) is 0 Å². The Balaban J connectivity index is 0.854. The fourth-order valence-corrected chi connectivity index (χ4v) is 6.85. The van der Waals surface area contributed by atoms with Gasteiger partial charge in [0.15, 0.2) is 0 Å². The van der Waals surface area contributed by atoms with Crippen LogP contribution in [0, 0.1) is 0 Å². The van der Waals surface area contributed by atoms with Gasteiger partial charge < -0.3 is 28.4 Å². The number of nitrogens with zero attached hydrogens (tertiary/aromatic N) is 8. The minimum atomic E-state index is 0.425. The quantitative estimate of drug-likeness (QED) is 0.144. The first kappa shape index (κ1) is 38.9. The van der Waals surface area contributed by atoms with E-state index in [1.54, 1.807) is 9.36 Å². The maximum Gasteiger partial charge on any atom is 0.119 e. The molecular weight excluding hydrogens is 761 g/mol. The second kappa shape index (κ2) is 19.0. The van der Waals surface area contributed by atoms with Crippen LogP contribution in [-0.4, -0.2) is 106 Å². The van der Waals surface area contributed by atoms with E-state index in [9.17, 15) is 0 Å². The molecule has 3 aliphatic heterocycles. The van der Waals surface area contributed by atoms with Crippen LogP contribution in [0.25, 0.3) is 66.8 Å². The standard InChI is InChI=1S/C46H44N8O6/c1-2-37-30-38(3-1)44-32-54(52-50-44)19-21-56-23-25-58-27-29-60-40-14-8-34(9-15-40)42-17-11-36-5-4-35-10-16-41(47-45(35)46(36)48-42)33-6-12-39(13-7-33)59-28-26-57-24-22-55-20-18-53-31-43(37)49-51-53/h1-17,30-32H,18-29H2. The number of benzene rings is 4. The highest BCUT2D eigenvalue weighted by Gasteiger charge is 2.12. The highest BCUT2D eigenvalue weighted by molar-refractivity contribution is 6.04. The normalized spacial score (nSPS) is 15.2. The molecule has 11 rings (SSSR count).